The van der Waals surface area contributed by atoms with Crippen molar-refractivity contribution in [1.29, 1.82) is 0 Å². The molecule has 0 bridgehead atoms. The van der Waals surface area contributed by atoms with Gasteiger partial charge in [-0.3, -0.25) is 10.2 Å². The molecule has 2 aromatic rings. The highest BCUT2D eigenvalue weighted by Gasteiger charge is 2.20. The lowest BCUT2D eigenvalue weighted by molar-refractivity contribution is 0.0340. The molecular formula is C18H24N4O3. The van der Waals surface area contributed by atoms with Crippen molar-refractivity contribution in [2.45, 2.75) is 19.9 Å². The molecule has 1 fully saturated rings. The summed E-state index contributed by atoms with van der Waals surface area (Å²) in [6.45, 7) is 7.76. The van der Waals surface area contributed by atoms with E-state index in [4.69, 9.17) is 9.26 Å². The maximum absolute atomic E-state index is 12.4. The van der Waals surface area contributed by atoms with Crippen LogP contribution in [0, 0.1) is 13.8 Å². The van der Waals surface area contributed by atoms with E-state index in [9.17, 15) is 4.79 Å². The molecule has 1 aliphatic heterocycles. The third-order valence-corrected chi connectivity index (χ3v) is 4.20. The minimum absolute atomic E-state index is 0.119. The molecule has 0 aliphatic carbocycles. The molecule has 7 nitrogen and oxygen atoms in total. The fraction of sp³-hybridized carbons (Fsp3) is 0.444. The van der Waals surface area contributed by atoms with Crippen LogP contribution in [0.5, 0.6) is 0 Å². The molecule has 1 atom stereocenters. The molecule has 1 aromatic carbocycles. The number of ether oxygens (including phenoxy) is 1. The summed E-state index contributed by atoms with van der Waals surface area (Å²) in [7, 11) is 0. The molecule has 0 radical (unpaired) electrons. The quantitative estimate of drug-likeness (QED) is 0.871. The second-order valence-electron chi connectivity index (χ2n) is 6.30. The summed E-state index contributed by atoms with van der Waals surface area (Å²) >= 11 is 0. The number of anilines is 1. The Morgan fingerprint density at radius 3 is 2.60 bits per heavy atom. The monoisotopic (exact) mass is 344 g/mol. The number of nitrogens with zero attached hydrogens (tertiary/aromatic N) is 2. The summed E-state index contributed by atoms with van der Waals surface area (Å²) in [5.74, 6) is 1.06. The van der Waals surface area contributed by atoms with Gasteiger partial charge in [-0.15, -0.1) is 0 Å². The van der Waals surface area contributed by atoms with Crippen LogP contribution in [0.1, 0.15) is 22.9 Å². The van der Waals surface area contributed by atoms with Gasteiger partial charge in [-0.2, -0.15) is 0 Å². The number of rotatable bonds is 5. The molecule has 1 aromatic heterocycles. The number of carbonyl (C=O) groups excluding carboxylic acids is 1. The van der Waals surface area contributed by atoms with Gasteiger partial charge in [-0.25, -0.2) is 4.79 Å². The SMILES string of the molecule is Cc1ccc(C(CN2CCOCC2)NC(=O)Nc2cc(C)on2)cc1. The van der Waals surface area contributed by atoms with Crippen molar-refractivity contribution in [1.82, 2.24) is 15.4 Å². The van der Waals surface area contributed by atoms with Gasteiger partial charge >= 0.3 is 6.03 Å². The molecule has 7 heteroatoms. The molecule has 2 heterocycles. The zero-order valence-electron chi connectivity index (χ0n) is 14.6. The average Bonchev–Trinajstić information content (AvgIpc) is 3.00. The fourth-order valence-corrected chi connectivity index (χ4v) is 2.81. The summed E-state index contributed by atoms with van der Waals surface area (Å²) in [5.41, 5.74) is 2.26. The summed E-state index contributed by atoms with van der Waals surface area (Å²) in [5, 5.41) is 9.55. The number of aryl methyl sites for hydroxylation is 2. The zero-order valence-corrected chi connectivity index (χ0v) is 14.6. The van der Waals surface area contributed by atoms with E-state index in [0.717, 1.165) is 38.4 Å². The summed E-state index contributed by atoms with van der Waals surface area (Å²) < 4.78 is 10.4. The van der Waals surface area contributed by atoms with E-state index in [1.165, 1.54) is 5.56 Å². The van der Waals surface area contributed by atoms with Gasteiger partial charge in [0.15, 0.2) is 5.82 Å². The van der Waals surface area contributed by atoms with Gasteiger partial charge in [-0.1, -0.05) is 35.0 Å². The number of amides is 2. The molecule has 25 heavy (non-hydrogen) atoms. The lowest BCUT2D eigenvalue weighted by atomic mass is 10.0. The van der Waals surface area contributed by atoms with E-state index in [1.54, 1.807) is 13.0 Å². The smallest absolute Gasteiger partial charge is 0.321 e. The van der Waals surface area contributed by atoms with Crippen LogP contribution in [0.4, 0.5) is 10.6 Å². The first-order valence-corrected chi connectivity index (χ1v) is 8.47. The van der Waals surface area contributed by atoms with Crippen LogP contribution in [0.3, 0.4) is 0 Å². The minimum atomic E-state index is -0.299. The van der Waals surface area contributed by atoms with E-state index in [0.29, 0.717) is 11.6 Å². The predicted octanol–water partition coefficient (Wildman–Crippen LogP) is 2.49. The minimum Gasteiger partial charge on any atom is -0.379 e. The highest BCUT2D eigenvalue weighted by molar-refractivity contribution is 5.88. The molecule has 3 rings (SSSR count). The van der Waals surface area contributed by atoms with Gasteiger partial charge in [0.1, 0.15) is 5.76 Å². The summed E-state index contributed by atoms with van der Waals surface area (Å²) in [4.78, 5) is 14.7. The molecular weight excluding hydrogens is 320 g/mol. The normalized spacial score (nSPS) is 16.4. The highest BCUT2D eigenvalue weighted by atomic mass is 16.5. The van der Waals surface area contributed by atoms with Crippen molar-refractivity contribution in [3.05, 3.63) is 47.2 Å². The van der Waals surface area contributed by atoms with Crippen molar-refractivity contribution in [3.8, 4) is 0 Å². The first-order valence-electron chi connectivity index (χ1n) is 8.47. The Hall–Kier alpha value is -2.38. The second-order valence-corrected chi connectivity index (χ2v) is 6.30. The number of benzene rings is 1. The number of aromatic nitrogens is 1. The Labute approximate surface area is 147 Å². The maximum Gasteiger partial charge on any atom is 0.321 e. The topological polar surface area (TPSA) is 79.6 Å². The number of morpholine rings is 1. The van der Waals surface area contributed by atoms with Crippen LogP contribution < -0.4 is 10.6 Å². The molecule has 0 spiro atoms. The highest BCUT2D eigenvalue weighted by Crippen LogP contribution is 2.17. The van der Waals surface area contributed by atoms with Gasteiger partial charge in [0.25, 0.3) is 0 Å². The standard InChI is InChI=1S/C18H24N4O3/c1-13-3-5-15(6-4-13)16(12-22-7-9-24-10-8-22)19-18(23)20-17-11-14(2)25-21-17/h3-6,11,16H,7-10,12H2,1-2H3,(H2,19,20,21,23). The van der Waals surface area contributed by atoms with Crippen molar-refractivity contribution in [2.75, 3.05) is 38.2 Å². The van der Waals surface area contributed by atoms with Crippen LogP contribution >= 0.6 is 0 Å². The second kappa shape index (κ2) is 8.13. The van der Waals surface area contributed by atoms with Crippen molar-refractivity contribution >= 4 is 11.8 Å². The van der Waals surface area contributed by atoms with E-state index in [2.05, 4.69) is 45.0 Å². The fourth-order valence-electron chi connectivity index (χ4n) is 2.81. The number of hydrogen-bond acceptors (Lipinski definition) is 5. The third-order valence-electron chi connectivity index (χ3n) is 4.20. The van der Waals surface area contributed by atoms with Crippen LogP contribution in [0.2, 0.25) is 0 Å². The third kappa shape index (κ3) is 5.04. The Kier molecular flexibility index (Phi) is 5.67. The molecule has 0 saturated carbocycles. The van der Waals surface area contributed by atoms with E-state index >= 15 is 0 Å². The number of carbonyl (C=O) groups is 1. The van der Waals surface area contributed by atoms with Crippen LogP contribution in [-0.2, 0) is 4.74 Å². The van der Waals surface area contributed by atoms with Crippen molar-refractivity contribution < 1.29 is 14.1 Å². The van der Waals surface area contributed by atoms with Gasteiger partial charge in [-0.05, 0) is 19.4 Å². The van der Waals surface area contributed by atoms with E-state index < -0.39 is 0 Å². The molecule has 2 N–H and O–H groups in total. The lowest BCUT2D eigenvalue weighted by Crippen LogP contribution is -2.44. The van der Waals surface area contributed by atoms with Crippen molar-refractivity contribution in [3.63, 3.8) is 0 Å². The molecule has 1 unspecified atom stereocenters. The molecule has 134 valence electrons. The Morgan fingerprint density at radius 2 is 1.96 bits per heavy atom. The lowest BCUT2D eigenvalue weighted by Gasteiger charge is -2.31. The van der Waals surface area contributed by atoms with Crippen LogP contribution in [0.25, 0.3) is 0 Å². The molecule has 2 amide bonds. The largest absolute Gasteiger partial charge is 0.379 e. The summed E-state index contributed by atoms with van der Waals surface area (Å²) in [6, 6.07) is 9.49. The van der Waals surface area contributed by atoms with E-state index in [-0.39, 0.29) is 12.1 Å². The van der Waals surface area contributed by atoms with Gasteiger partial charge in [0.05, 0.1) is 19.3 Å². The van der Waals surface area contributed by atoms with Crippen molar-refractivity contribution in [2.24, 2.45) is 0 Å². The van der Waals surface area contributed by atoms with Crippen LogP contribution in [0.15, 0.2) is 34.9 Å². The number of nitrogens with one attached hydrogen (secondary N) is 2. The van der Waals surface area contributed by atoms with Gasteiger partial charge < -0.3 is 14.6 Å². The first kappa shape index (κ1) is 17.4. The summed E-state index contributed by atoms with van der Waals surface area (Å²) in [6.07, 6.45) is 0. The Bertz CT molecular complexity index is 693. The first-order chi connectivity index (χ1) is 12.1. The van der Waals surface area contributed by atoms with E-state index in [1.807, 2.05) is 6.92 Å². The number of urea groups is 1. The van der Waals surface area contributed by atoms with Gasteiger partial charge in [0.2, 0.25) is 0 Å². The zero-order chi connectivity index (χ0) is 17.6. The number of hydrogen-bond donors (Lipinski definition) is 2. The molecule has 1 aliphatic rings. The van der Waals surface area contributed by atoms with Crippen LogP contribution in [-0.4, -0.2) is 48.9 Å². The molecule has 1 saturated heterocycles. The Balaban J connectivity index is 1.68. The average molecular weight is 344 g/mol. The van der Waals surface area contributed by atoms with Gasteiger partial charge in [0, 0.05) is 25.7 Å². The maximum atomic E-state index is 12.4. The Morgan fingerprint density at radius 1 is 1.24 bits per heavy atom. The predicted molar refractivity (Wildman–Crippen MR) is 94.6 cm³/mol.